The maximum absolute atomic E-state index is 13.5. The summed E-state index contributed by atoms with van der Waals surface area (Å²) >= 11 is 0. The molecule has 0 radical (unpaired) electrons. The van der Waals surface area contributed by atoms with E-state index in [9.17, 15) is 20.1 Å². The summed E-state index contributed by atoms with van der Waals surface area (Å²) < 4.78 is 55.0. The number of fused-ring (bicyclic) bond motifs is 9. The monoisotopic (exact) mass is 942 g/mol. The van der Waals surface area contributed by atoms with Crippen LogP contribution in [-0.4, -0.2) is 118 Å². The fraction of sp³-hybridized carbons (Fsp3) is 0.604. The molecule has 0 unspecified atom stereocenters. The topological polar surface area (TPSA) is 194 Å². The van der Waals surface area contributed by atoms with Gasteiger partial charge in [0.1, 0.15) is 36.1 Å². The lowest BCUT2D eigenvalue weighted by Crippen LogP contribution is -2.51. The van der Waals surface area contributed by atoms with Crippen molar-refractivity contribution in [1.82, 2.24) is 9.97 Å². The molecule has 370 valence electrons. The highest BCUT2D eigenvalue weighted by atomic mass is 16.6. The summed E-state index contributed by atoms with van der Waals surface area (Å²) in [7, 11) is 3.15. The Labute approximate surface area is 400 Å². The largest absolute Gasteiger partial charge is 0.458 e. The van der Waals surface area contributed by atoms with Gasteiger partial charge in [0.25, 0.3) is 0 Å². The maximum atomic E-state index is 13.5. The summed E-state index contributed by atoms with van der Waals surface area (Å²) in [6.45, 7) is 12.1. The number of carbonyl (C=O) groups is 1. The van der Waals surface area contributed by atoms with Crippen LogP contribution in [0.2, 0.25) is 0 Å². The van der Waals surface area contributed by atoms with Crippen LogP contribution in [0.3, 0.4) is 0 Å². The Balaban J connectivity index is 1.07. The number of rotatable bonds is 11. The fourth-order valence-electron chi connectivity index (χ4n) is 10.3. The smallest absolute Gasteiger partial charge is 0.330 e. The van der Waals surface area contributed by atoms with Crippen molar-refractivity contribution in [3.05, 3.63) is 95.4 Å². The minimum absolute atomic E-state index is 0.0919. The molecular formula is C53H70N2O13. The number of aromatic nitrogens is 2. The lowest BCUT2D eigenvalue weighted by atomic mass is 9.79. The predicted octanol–water partition coefficient (Wildman–Crippen LogP) is 7.48. The molecule has 0 amide bonds. The van der Waals surface area contributed by atoms with E-state index in [1.54, 1.807) is 32.6 Å². The van der Waals surface area contributed by atoms with Crippen molar-refractivity contribution in [3.8, 4) is 12.3 Å². The first-order valence-corrected chi connectivity index (χ1v) is 24.0. The van der Waals surface area contributed by atoms with Crippen molar-refractivity contribution in [2.45, 2.75) is 177 Å². The summed E-state index contributed by atoms with van der Waals surface area (Å²) in [4.78, 5) is 23.0. The molecule has 8 bridgehead atoms. The molecule has 5 aliphatic heterocycles. The number of carbonyl (C=O) groups excluding carboxylic acids is 1. The van der Waals surface area contributed by atoms with Crippen molar-refractivity contribution in [3.63, 3.8) is 0 Å². The van der Waals surface area contributed by atoms with Crippen LogP contribution >= 0.6 is 0 Å². The van der Waals surface area contributed by atoms with Crippen molar-refractivity contribution >= 4 is 18.1 Å². The Morgan fingerprint density at radius 3 is 2.57 bits per heavy atom. The van der Waals surface area contributed by atoms with Crippen LogP contribution in [0.25, 0.3) is 12.2 Å². The van der Waals surface area contributed by atoms with Gasteiger partial charge in [-0.1, -0.05) is 62.0 Å². The van der Waals surface area contributed by atoms with Crippen LogP contribution < -0.4 is 0 Å². The van der Waals surface area contributed by atoms with Crippen LogP contribution in [-0.2, 0) is 44.4 Å². The molecule has 0 spiro atoms. The van der Waals surface area contributed by atoms with Gasteiger partial charge in [-0.2, -0.15) is 0 Å². The first-order valence-electron chi connectivity index (χ1n) is 24.0. The molecule has 2 aromatic rings. The molecule has 68 heavy (non-hydrogen) atoms. The lowest BCUT2D eigenvalue weighted by Gasteiger charge is -2.44. The zero-order chi connectivity index (χ0) is 48.5. The molecule has 7 rings (SSSR count). The van der Waals surface area contributed by atoms with Crippen molar-refractivity contribution in [2.75, 3.05) is 14.2 Å². The van der Waals surface area contributed by atoms with Gasteiger partial charge in [-0.3, -0.25) is 0 Å². The second-order valence-corrected chi connectivity index (χ2v) is 19.3. The summed E-state index contributed by atoms with van der Waals surface area (Å²) in [5.74, 6) is 0.609. The average molecular weight is 943 g/mol. The van der Waals surface area contributed by atoms with E-state index in [1.807, 2.05) is 58.1 Å². The van der Waals surface area contributed by atoms with Crippen LogP contribution in [0.4, 0.5) is 0 Å². The van der Waals surface area contributed by atoms with Crippen molar-refractivity contribution in [2.24, 2.45) is 11.8 Å². The number of hydrogen-bond donors (Lipinski definition) is 3. The van der Waals surface area contributed by atoms with Gasteiger partial charge in [0.15, 0.2) is 11.7 Å². The standard InChI is InChI=1S/C53H70N2O13/c1-9-12-38(60-7)18-17-31(2)21-44(57)47-26-42(61-8)27-53(59,68-47)28-49-54-36(29-62-49)22-33(4)51-35(6)52-34(5)45(66-51)14-11-15-48-55-43(30-63-48)46-24-37(56)23-41(65-46)25-40-20-32(3)19-39(64-40)13-10-16-50(58)67-52/h1,10-11,15-18,21-22,29-30,34-35,37-42,44-47,51-52,56-57,59H,3,12-14,19-20,23-28H2,2,4-8H3/b15-11+,16-10-,18-17+,31-21+,33-22+/t34-,35-,37+,38+,39-,40+,41-,42+,44+,45+,46+,47+,51-,52-,53-/m0/s1. The molecule has 15 atom stereocenters. The minimum Gasteiger partial charge on any atom is -0.458 e. The van der Waals surface area contributed by atoms with Crippen LogP contribution in [0, 0.1) is 24.2 Å². The van der Waals surface area contributed by atoms with Crippen LogP contribution in [0.5, 0.6) is 0 Å². The van der Waals surface area contributed by atoms with E-state index in [1.165, 1.54) is 12.3 Å². The SMILES string of the molecule is C#CC[C@H](/C=C/C(C)=C/[C@@H](O)[C@H]1C[C@@H](OC)C[C@@](O)(Cc2nc(/C=C(\C)[C@@H]3O[C@@H]4C/C=C/c5nc(co5)[C@H]5C[C@H](O)C[C@@H](C[C@H]6CC(=C)C[C@H](C/C=C\C(=O)O[C@@H]([C@H]4C)[C@H]3C)O6)O5)co2)O1)OC. The zero-order valence-electron chi connectivity index (χ0n) is 40.2. The molecule has 4 fully saturated rings. The number of aliphatic hydroxyl groups is 3. The predicted molar refractivity (Wildman–Crippen MR) is 252 cm³/mol. The highest BCUT2D eigenvalue weighted by Gasteiger charge is 2.45. The van der Waals surface area contributed by atoms with E-state index >= 15 is 0 Å². The van der Waals surface area contributed by atoms with Gasteiger partial charge in [-0.25, -0.2) is 14.8 Å². The maximum Gasteiger partial charge on any atom is 0.330 e. The highest BCUT2D eigenvalue weighted by molar-refractivity contribution is 5.82. The molecule has 0 aromatic carbocycles. The molecular weight excluding hydrogens is 873 g/mol. The number of terminal acetylenes is 1. The highest BCUT2D eigenvalue weighted by Crippen LogP contribution is 2.40. The quantitative estimate of drug-likeness (QED) is 0.0868. The molecule has 7 heterocycles. The molecule has 3 N–H and O–H groups in total. The van der Waals surface area contributed by atoms with E-state index < -0.39 is 54.5 Å². The molecule has 4 saturated heterocycles. The first kappa shape index (κ1) is 51.4. The normalized spacial score (nSPS) is 36.2. The molecule has 0 saturated carbocycles. The Kier molecular flexibility index (Phi) is 17.7. The van der Waals surface area contributed by atoms with E-state index in [0.29, 0.717) is 75.1 Å². The fourth-order valence-corrected chi connectivity index (χ4v) is 10.3. The number of methoxy groups -OCH3 is 2. The van der Waals surface area contributed by atoms with Crippen LogP contribution in [0.15, 0.2) is 81.1 Å². The van der Waals surface area contributed by atoms with Crippen molar-refractivity contribution in [1.29, 1.82) is 0 Å². The molecule has 5 aliphatic rings. The molecule has 15 heteroatoms. The van der Waals surface area contributed by atoms with E-state index in [4.69, 9.17) is 58.4 Å². The van der Waals surface area contributed by atoms with E-state index in [0.717, 1.165) is 16.7 Å². The molecule has 2 aromatic heterocycles. The summed E-state index contributed by atoms with van der Waals surface area (Å²) in [5.41, 5.74) is 3.81. The van der Waals surface area contributed by atoms with E-state index in [-0.39, 0.29) is 61.1 Å². The van der Waals surface area contributed by atoms with Gasteiger partial charge < -0.3 is 57.3 Å². The first-order chi connectivity index (χ1) is 32.6. The molecule has 0 aliphatic carbocycles. The summed E-state index contributed by atoms with van der Waals surface area (Å²) in [6, 6.07) is 0. The molecule has 15 nitrogen and oxygen atoms in total. The van der Waals surface area contributed by atoms with E-state index in [2.05, 4.69) is 12.5 Å². The van der Waals surface area contributed by atoms with Gasteiger partial charge in [0.2, 0.25) is 5.89 Å². The second kappa shape index (κ2) is 23.4. The zero-order valence-corrected chi connectivity index (χ0v) is 40.2. The number of esters is 1. The Hall–Kier alpha value is -4.47. The average Bonchev–Trinajstić information content (AvgIpc) is 3.95. The van der Waals surface area contributed by atoms with Gasteiger partial charge in [-0.05, 0) is 63.7 Å². The number of ether oxygens (including phenoxy) is 7. The third-order valence-electron chi connectivity index (χ3n) is 13.7. The summed E-state index contributed by atoms with van der Waals surface area (Å²) in [6.07, 6.45) is 22.3. The number of allylic oxidation sites excluding steroid dienone is 2. The third-order valence-corrected chi connectivity index (χ3v) is 13.7. The number of aliphatic hydroxyl groups excluding tert-OH is 2. The number of oxazole rings is 2. The Bertz CT molecular complexity index is 2220. The summed E-state index contributed by atoms with van der Waals surface area (Å²) in [5, 5.41) is 33.8. The third kappa shape index (κ3) is 13.6. The van der Waals surface area contributed by atoms with Crippen molar-refractivity contribution < 1.29 is 62.1 Å². The lowest BCUT2D eigenvalue weighted by molar-refractivity contribution is -0.286. The minimum atomic E-state index is -1.74. The van der Waals surface area contributed by atoms with Gasteiger partial charge >= 0.3 is 5.97 Å². The Morgan fingerprint density at radius 1 is 1.00 bits per heavy atom. The van der Waals surface area contributed by atoms with Crippen LogP contribution in [0.1, 0.15) is 121 Å². The Morgan fingerprint density at radius 2 is 1.79 bits per heavy atom. The second-order valence-electron chi connectivity index (χ2n) is 19.3. The number of nitrogens with zero attached hydrogens (tertiary/aromatic N) is 2. The van der Waals surface area contributed by atoms with Gasteiger partial charge in [0, 0.05) is 64.2 Å². The number of hydrogen-bond acceptors (Lipinski definition) is 15. The van der Waals surface area contributed by atoms with Gasteiger partial charge in [0.05, 0.1) is 67.5 Å². The van der Waals surface area contributed by atoms with Gasteiger partial charge in [-0.15, -0.1) is 12.3 Å².